The number of hydrogen-bond acceptors (Lipinski definition) is 3. The van der Waals surface area contributed by atoms with Crippen LogP contribution in [0, 0.1) is 5.41 Å². The van der Waals surface area contributed by atoms with E-state index in [0.29, 0.717) is 13.0 Å². The minimum Gasteiger partial charge on any atom is -0.387 e. The Morgan fingerprint density at radius 1 is 1.15 bits per heavy atom. The molecule has 0 aliphatic heterocycles. The smallest absolute Gasteiger partial charge is 0.137 e. The molecule has 4 heteroatoms. The normalized spacial score (nSPS) is 15.0. The lowest BCUT2D eigenvalue weighted by Crippen LogP contribution is -2.47. The zero-order valence-corrected chi connectivity index (χ0v) is 12.5. The Morgan fingerprint density at radius 2 is 1.85 bits per heavy atom. The summed E-state index contributed by atoms with van der Waals surface area (Å²) in [5, 5.41) is 15.2. The number of hydrogen-bond donors (Lipinski definition) is 1. The molecule has 1 heterocycles. The fourth-order valence-corrected chi connectivity index (χ4v) is 2.27. The van der Waals surface area contributed by atoms with Gasteiger partial charge in [0.05, 0.1) is 12.1 Å². The van der Waals surface area contributed by atoms with E-state index in [-0.39, 0.29) is 5.41 Å². The average molecular weight is 273 g/mol. The SMILES string of the molecule is CC(C)(C)[C@@](O)(CCc1ccccc1)Cn1cncn1. The van der Waals surface area contributed by atoms with Crippen LogP contribution in [0.3, 0.4) is 0 Å². The van der Waals surface area contributed by atoms with Crippen LogP contribution < -0.4 is 0 Å². The summed E-state index contributed by atoms with van der Waals surface area (Å²) in [4.78, 5) is 3.95. The summed E-state index contributed by atoms with van der Waals surface area (Å²) in [7, 11) is 0. The Bertz CT molecular complexity index is 516. The maximum atomic E-state index is 11.1. The van der Waals surface area contributed by atoms with Crippen molar-refractivity contribution in [1.29, 1.82) is 0 Å². The van der Waals surface area contributed by atoms with Gasteiger partial charge in [0.25, 0.3) is 0 Å². The van der Waals surface area contributed by atoms with Crippen molar-refractivity contribution in [3.63, 3.8) is 0 Å². The Hall–Kier alpha value is -1.68. The van der Waals surface area contributed by atoms with E-state index in [4.69, 9.17) is 0 Å². The molecule has 0 unspecified atom stereocenters. The van der Waals surface area contributed by atoms with Crippen molar-refractivity contribution in [3.8, 4) is 0 Å². The van der Waals surface area contributed by atoms with Crippen LogP contribution in [0.5, 0.6) is 0 Å². The Balaban J connectivity index is 2.11. The Labute approximate surface area is 120 Å². The van der Waals surface area contributed by atoms with E-state index in [1.165, 1.54) is 11.9 Å². The van der Waals surface area contributed by atoms with E-state index in [2.05, 4.69) is 43.0 Å². The summed E-state index contributed by atoms with van der Waals surface area (Å²) in [6.45, 7) is 6.65. The van der Waals surface area contributed by atoms with E-state index in [0.717, 1.165) is 6.42 Å². The summed E-state index contributed by atoms with van der Waals surface area (Å²) in [6, 6.07) is 10.3. The molecule has 0 fully saturated rings. The fourth-order valence-electron chi connectivity index (χ4n) is 2.27. The second-order valence-electron chi connectivity index (χ2n) is 6.36. The van der Waals surface area contributed by atoms with Gasteiger partial charge in [-0.15, -0.1) is 0 Å². The van der Waals surface area contributed by atoms with Crippen molar-refractivity contribution < 1.29 is 5.11 Å². The fraction of sp³-hybridized carbons (Fsp3) is 0.500. The maximum Gasteiger partial charge on any atom is 0.137 e. The van der Waals surface area contributed by atoms with E-state index in [1.54, 1.807) is 11.0 Å². The number of aromatic nitrogens is 3. The highest BCUT2D eigenvalue weighted by atomic mass is 16.3. The Kier molecular flexibility index (Phi) is 4.23. The van der Waals surface area contributed by atoms with Gasteiger partial charge in [-0.1, -0.05) is 51.1 Å². The van der Waals surface area contributed by atoms with Crippen LogP contribution >= 0.6 is 0 Å². The summed E-state index contributed by atoms with van der Waals surface area (Å²) in [6.07, 6.45) is 4.70. The molecule has 2 rings (SSSR count). The van der Waals surface area contributed by atoms with Crippen LogP contribution in [-0.4, -0.2) is 25.5 Å². The van der Waals surface area contributed by atoms with E-state index >= 15 is 0 Å². The Morgan fingerprint density at radius 3 is 2.40 bits per heavy atom. The molecule has 108 valence electrons. The number of rotatable bonds is 5. The van der Waals surface area contributed by atoms with Gasteiger partial charge < -0.3 is 5.11 Å². The minimum absolute atomic E-state index is 0.228. The van der Waals surface area contributed by atoms with Gasteiger partial charge in [-0.2, -0.15) is 5.10 Å². The molecule has 0 saturated heterocycles. The number of aliphatic hydroxyl groups is 1. The minimum atomic E-state index is -0.823. The van der Waals surface area contributed by atoms with Gasteiger partial charge in [-0.3, -0.25) is 4.68 Å². The zero-order valence-electron chi connectivity index (χ0n) is 12.5. The quantitative estimate of drug-likeness (QED) is 0.911. The predicted molar refractivity (Wildman–Crippen MR) is 79.2 cm³/mol. The van der Waals surface area contributed by atoms with Crippen LogP contribution in [0.25, 0.3) is 0 Å². The average Bonchev–Trinajstić information content (AvgIpc) is 2.89. The first-order valence-electron chi connectivity index (χ1n) is 6.99. The standard InChI is InChI=1S/C16H23N3O/c1-15(2,3)16(20,11-19-13-17-12-18-19)10-9-14-7-5-4-6-8-14/h4-8,12-13,20H,9-11H2,1-3H3/t16-/m1/s1. The molecule has 20 heavy (non-hydrogen) atoms. The molecule has 2 aromatic rings. The number of benzene rings is 1. The maximum absolute atomic E-state index is 11.1. The van der Waals surface area contributed by atoms with Crippen LogP contribution in [0.4, 0.5) is 0 Å². The van der Waals surface area contributed by atoms with Gasteiger partial charge in [-0.25, -0.2) is 4.98 Å². The molecule has 0 aliphatic carbocycles. The van der Waals surface area contributed by atoms with Gasteiger partial charge in [0.2, 0.25) is 0 Å². The third-order valence-electron chi connectivity index (χ3n) is 3.96. The third-order valence-corrected chi connectivity index (χ3v) is 3.96. The number of nitrogens with zero attached hydrogens (tertiary/aromatic N) is 3. The summed E-state index contributed by atoms with van der Waals surface area (Å²) < 4.78 is 1.70. The highest BCUT2D eigenvalue weighted by molar-refractivity contribution is 5.15. The monoisotopic (exact) mass is 273 g/mol. The van der Waals surface area contributed by atoms with Crippen LogP contribution in [0.2, 0.25) is 0 Å². The molecule has 1 atom stereocenters. The largest absolute Gasteiger partial charge is 0.387 e. The second kappa shape index (κ2) is 5.75. The van der Waals surface area contributed by atoms with E-state index in [9.17, 15) is 5.11 Å². The molecule has 0 amide bonds. The van der Waals surface area contributed by atoms with Gasteiger partial charge in [0, 0.05) is 0 Å². The van der Waals surface area contributed by atoms with Crippen LogP contribution in [-0.2, 0) is 13.0 Å². The van der Waals surface area contributed by atoms with Crippen LogP contribution in [0.1, 0.15) is 32.8 Å². The highest BCUT2D eigenvalue weighted by Crippen LogP contribution is 2.35. The summed E-state index contributed by atoms with van der Waals surface area (Å²) >= 11 is 0. The first kappa shape index (κ1) is 14.7. The van der Waals surface area contributed by atoms with Crippen molar-refractivity contribution >= 4 is 0 Å². The van der Waals surface area contributed by atoms with Crippen molar-refractivity contribution in [2.24, 2.45) is 5.41 Å². The molecule has 0 bridgehead atoms. The second-order valence-corrected chi connectivity index (χ2v) is 6.36. The molecule has 1 aromatic heterocycles. The van der Waals surface area contributed by atoms with Crippen molar-refractivity contribution in [2.75, 3.05) is 0 Å². The van der Waals surface area contributed by atoms with Gasteiger partial charge >= 0.3 is 0 Å². The highest BCUT2D eigenvalue weighted by Gasteiger charge is 2.40. The first-order valence-corrected chi connectivity index (χ1v) is 6.99. The predicted octanol–water partition coefficient (Wildman–Crippen LogP) is 2.69. The molecular formula is C16H23N3O. The molecule has 1 aromatic carbocycles. The lowest BCUT2D eigenvalue weighted by molar-refractivity contribution is -0.0796. The summed E-state index contributed by atoms with van der Waals surface area (Å²) in [5.74, 6) is 0. The molecule has 0 radical (unpaired) electrons. The van der Waals surface area contributed by atoms with E-state index in [1.807, 2.05) is 18.2 Å². The zero-order chi connectivity index (χ0) is 14.6. The molecule has 0 aliphatic rings. The van der Waals surface area contributed by atoms with Crippen LogP contribution in [0.15, 0.2) is 43.0 Å². The number of aryl methyl sites for hydroxylation is 1. The lowest BCUT2D eigenvalue weighted by atomic mass is 9.73. The molecule has 0 saturated carbocycles. The molecular weight excluding hydrogens is 250 g/mol. The molecule has 0 spiro atoms. The van der Waals surface area contributed by atoms with Crippen molar-refractivity contribution in [1.82, 2.24) is 14.8 Å². The summed E-state index contributed by atoms with van der Waals surface area (Å²) in [5.41, 5.74) is 0.193. The van der Waals surface area contributed by atoms with E-state index < -0.39 is 5.60 Å². The topological polar surface area (TPSA) is 50.9 Å². The molecule has 1 N–H and O–H groups in total. The van der Waals surface area contributed by atoms with Crippen molar-refractivity contribution in [3.05, 3.63) is 48.5 Å². The lowest BCUT2D eigenvalue weighted by Gasteiger charge is -2.40. The van der Waals surface area contributed by atoms with Gasteiger partial charge in [-0.05, 0) is 23.8 Å². The van der Waals surface area contributed by atoms with Crippen molar-refractivity contribution in [2.45, 2.75) is 45.8 Å². The third kappa shape index (κ3) is 3.45. The first-order chi connectivity index (χ1) is 9.41. The van der Waals surface area contributed by atoms with Gasteiger partial charge in [0.15, 0.2) is 0 Å². The molecule has 4 nitrogen and oxygen atoms in total. The van der Waals surface area contributed by atoms with Gasteiger partial charge in [0.1, 0.15) is 12.7 Å².